The van der Waals surface area contributed by atoms with Crippen LogP contribution >= 0.6 is 0 Å². The first-order valence-corrected chi connectivity index (χ1v) is 13.5. The second-order valence-electron chi connectivity index (χ2n) is 9.54. The minimum Gasteiger partial charge on any atom is -0.476 e. The molecule has 0 radical (unpaired) electrons. The summed E-state index contributed by atoms with van der Waals surface area (Å²) in [5, 5.41) is 3.03. The highest BCUT2D eigenvalue weighted by atomic mass is 32.2. The standard InChI is InChI=1S/C28H30N2O4S/c1-18-7-12-24(13-8-18)35(32,33)30-17-27(34-26-14-9-19(2)15-25(26)30)28(31)29-20(3)22-11-10-21-5-4-6-23(21)16-22/h7-16,20,27H,4-6,17H2,1-3H3,(H,29,31)/t20-,27-/m0/s1. The topological polar surface area (TPSA) is 75.7 Å². The predicted octanol–water partition coefficient (Wildman–Crippen LogP) is 4.63. The molecular formula is C28H30N2O4S. The van der Waals surface area contributed by atoms with Crippen LogP contribution in [0.2, 0.25) is 0 Å². The first-order chi connectivity index (χ1) is 16.7. The van der Waals surface area contributed by atoms with Gasteiger partial charge in [0.15, 0.2) is 6.10 Å². The zero-order chi connectivity index (χ0) is 24.7. The number of nitrogens with zero attached hydrogens (tertiary/aromatic N) is 1. The molecule has 182 valence electrons. The molecule has 0 aromatic heterocycles. The van der Waals surface area contributed by atoms with Crippen molar-refractivity contribution in [1.29, 1.82) is 0 Å². The van der Waals surface area contributed by atoms with Gasteiger partial charge in [0.2, 0.25) is 0 Å². The van der Waals surface area contributed by atoms with E-state index >= 15 is 0 Å². The Labute approximate surface area is 207 Å². The van der Waals surface area contributed by atoms with Crippen molar-refractivity contribution in [2.75, 3.05) is 10.8 Å². The molecule has 3 aromatic carbocycles. The summed E-state index contributed by atoms with van der Waals surface area (Å²) in [6, 6.07) is 18.2. The van der Waals surface area contributed by atoms with Gasteiger partial charge in [-0.2, -0.15) is 0 Å². The van der Waals surface area contributed by atoms with E-state index in [4.69, 9.17) is 4.74 Å². The Morgan fingerprint density at radius 1 is 0.971 bits per heavy atom. The van der Waals surface area contributed by atoms with Gasteiger partial charge in [0.05, 0.1) is 23.2 Å². The molecule has 2 aliphatic rings. The van der Waals surface area contributed by atoms with E-state index in [2.05, 4.69) is 23.5 Å². The summed E-state index contributed by atoms with van der Waals surface area (Å²) in [5.41, 5.74) is 6.09. The molecular weight excluding hydrogens is 460 g/mol. The van der Waals surface area contributed by atoms with Gasteiger partial charge < -0.3 is 10.1 Å². The SMILES string of the molecule is Cc1ccc(S(=O)(=O)N2C[C@@H](C(=O)N[C@@H](C)c3ccc4c(c3)CCC4)Oc3ccc(C)cc32)cc1. The summed E-state index contributed by atoms with van der Waals surface area (Å²) in [6.07, 6.45) is 2.37. The molecule has 0 fully saturated rings. The maximum atomic E-state index is 13.6. The third-order valence-electron chi connectivity index (χ3n) is 6.87. The van der Waals surface area contributed by atoms with Gasteiger partial charge >= 0.3 is 0 Å². The van der Waals surface area contributed by atoms with E-state index in [1.807, 2.05) is 26.8 Å². The number of hydrogen-bond acceptors (Lipinski definition) is 4. The van der Waals surface area contributed by atoms with Gasteiger partial charge in [-0.1, -0.05) is 42.0 Å². The van der Waals surface area contributed by atoms with Crippen molar-refractivity contribution in [3.05, 3.63) is 88.5 Å². The molecule has 0 unspecified atom stereocenters. The van der Waals surface area contributed by atoms with Gasteiger partial charge in [-0.3, -0.25) is 9.10 Å². The van der Waals surface area contributed by atoms with Crippen molar-refractivity contribution in [1.82, 2.24) is 5.32 Å². The van der Waals surface area contributed by atoms with E-state index in [0.29, 0.717) is 11.4 Å². The lowest BCUT2D eigenvalue weighted by atomic mass is 10.0. The molecule has 6 nitrogen and oxygen atoms in total. The van der Waals surface area contributed by atoms with Crippen LogP contribution in [0.25, 0.3) is 0 Å². The molecule has 0 spiro atoms. The summed E-state index contributed by atoms with van der Waals surface area (Å²) in [6.45, 7) is 5.64. The normalized spacial score (nSPS) is 17.8. The molecule has 0 bridgehead atoms. The second-order valence-corrected chi connectivity index (χ2v) is 11.4. The Kier molecular flexibility index (Phi) is 6.05. The van der Waals surface area contributed by atoms with Crippen molar-refractivity contribution in [2.24, 2.45) is 0 Å². The zero-order valence-corrected chi connectivity index (χ0v) is 21.1. The number of rotatable bonds is 5. The Hall–Kier alpha value is -3.32. The number of anilines is 1. The quantitative estimate of drug-likeness (QED) is 0.566. The summed E-state index contributed by atoms with van der Waals surface area (Å²) >= 11 is 0. The highest BCUT2D eigenvalue weighted by Gasteiger charge is 2.38. The fourth-order valence-corrected chi connectivity index (χ4v) is 6.28. The Morgan fingerprint density at radius 2 is 1.69 bits per heavy atom. The monoisotopic (exact) mass is 490 g/mol. The predicted molar refractivity (Wildman–Crippen MR) is 136 cm³/mol. The Bertz CT molecular complexity index is 1380. The van der Waals surface area contributed by atoms with Crippen LogP contribution in [0.3, 0.4) is 0 Å². The Morgan fingerprint density at radius 3 is 2.46 bits per heavy atom. The third-order valence-corrected chi connectivity index (χ3v) is 8.66. The summed E-state index contributed by atoms with van der Waals surface area (Å²) in [5.74, 6) is 0.0381. The highest BCUT2D eigenvalue weighted by molar-refractivity contribution is 7.92. The minimum atomic E-state index is -3.89. The molecule has 1 N–H and O–H groups in total. The molecule has 2 atom stereocenters. The first kappa shape index (κ1) is 23.4. The number of carbonyl (C=O) groups excluding carboxylic acids is 1. The number of amides is 1. The maximum absolute atomic E-state index is 13.6. The van der Waals surface area contributed by atoms with E-state index in [1.165, 1.54) is 21.9 Å². The molecule has 7 heteroatoms. The maximum Gasteiger partial charge on any atom is 0.264 e. The molecule has 1 heterocycles. The van der Waals surface area contributed by atoms with Crippen LogP contribution in [0.15, 0.2) is 65.6 Å². The van der Waals surface area contributed by atoms with Gasteiger partial charge in [-0.15, -0.1) is 0 Å². The van der Waals surface area contributed by atoms with Crippen LogP contribution in [0.1, 0.15) is 47.2 Å². The van der Waals surface area contributed by atoms with Gasteiger partial charge in [0.25, 0.3) is 15.9 Å². The van der Waals surface area contributed by atoms with Crippen molar-refractivity contribution < 1.29 is 17.9 Å². The second kappa shape index (κ2) is 9.04. The molecule has 0 saturated carbocycles. The number of aryl methyl sites for hydroxylation is 4. The average molecular weight is 491 g/mol. The number of nitrogens with one attached hydrogen (secondary N) is 1. The summed E-state index contributed by atoms with van der Waals surface area (Å²) in [4.78, 5) is 13.5. The van der Waals surface area contributed by atoms with E-state index in [0.717, 1.165) is 29.5 Å². The van der Waals surface area contributed by atoms with Crippen LogP contribution in [0.4, 0.5) is 5.69 Å². The van der Waals surface area contributed by atoms with Crippen molar-refractivity contribution >= 4 is 21.6 Å². The van der Waals surface area contributed by atoms with Crippen LogP contribution in [0.5, 0.6) is 5.75 Å². The molecule has 35 heavy (non-hydrogen) atoms. The van der Waals surface area contributed by atoms with Gasteiger partial charge in [-0.25, -0.2) is 8.42 Å². The van der Waals surface area contributed by atoms with Crippen LogP contribution in [0, 0.1) is 13.8 Å². The van der Waals surface area contributed by atoms with Crippen molar-refractivity contribution in [3.8, 4) is 5.75 Å². The zero-order valence-electron chi connectivity index (χ0n) is 20.2. The van der Waals surface area contributed by atoms with E-state index < -0.39 is 16.1 Å². The lowest BCUT2D eigenvalue weighted by Crippen LogP contribution is -2.51. The summed E-state index contributed by atoms with van der Waals surface area (Å²) in [7, 11) is -3.89. The molecule has 5 rings (SSSR count). The number of carbonyl (C=O) groups is 1. The van der Waals surface area contributed by atoms with Crippen molar-refractivity contribution in [3.63, 3.8) is 0 Å². The van der Waals surface area contributed by atoms with Crippen LogP contribution < -0.4 is 14.4 Å². The fraction of sp³-hybridized carbons (Fsp3) is 0.321. The minimum absolute atomic E-state index is 0.102. The van der Waals surface area contributed by atoms with Crippen LogP contribution in [-0.2, 0) is 27.7 Å². The largest absolute Gasteiger partial charge is 0.476 e. The molecule has 1 aliphatic heterocycles. The Balaban J connectivity index is 1.42. The smallest absolute Gasteiger partial charge is 0.264 e. The van der Waals surface area contributed by atoms with Gasteiger partial charge in [0.1, 0.15) is 5.75 Å². The molecule has 0 saturated heterocycles. The average Bonchev–Trinajstić information content (AvgIpc) is 3.31. The van der Waals surface area contributed by atoms with Gasteiger partial charge in [-0.05, 0) is 86.6 Å². The van der Waals surface area contributed by atoms with E-state index in [-0.39, 0.29) is 23.4 Å². The molecule has 1 aliphatic carbocycles. The van der Waals surface area contributed by atoms with Crippen molar-refractivity contribution in [2.45, 2.75) is 57.1 Å². The number of benzene rings is 3. The van der Waals surface area contributed by atoms with Crippen LogP contribution in [-0.4, -0.2) is 27.0 Å². The lowest BCUT2D eigenvalue weighted by Gasteiger charge is -2.35. The van der Waals surface area contributed by atoms with E-state index in [9.17, 15) is 13.2 Å². The number of hydrogen-bond donors (Lipinski definition) is 1. The third kappa shape index (κ3) is 4.52. The first-order valence-electron chi connectivity index (χ1n) is 12.0. The number of fused-ring (bicyclic) bond motifs is 2. The summed E-state index contributed by atoms with van der Waals surface area (Å²) < 4.78 is 34.6. The lowest BCUT2D eigenvalue weighted by molar-refractivity contribution is -0.128. The molecule has 1 amide bonds. The van der Waals surface area contributed by atoms with E-state index in [1.54, 1.807) is 36.4 Å². The fourth-order valence-electron chi connectivity index (χ4n) is 4.81. The molecule has 3 aromatic rings. The highest BCUT2D eigenvalue weighted by Crippen LogP contribution is 2.38. The number of sulfonamides is 1. The number of ether oxygens (including phenoxy) is 1. The van der Waals surface area contributed by atoms with Gasteiger partial charge in [0, 0.05) is 0 Å².